The first kappa shape index (κ1) is 11.6. The van der Waals surface area contributed by atoms with Crippen LogP contribution in [0.2, 0.25) is 0 Å². The number of hydrogen-bond donors (Lipinski definition) is 1. The van der Waals surface area contributed by atoms with Gasteiger partial charge in [-0.25, -0.2) is 0 Å². The van der Waals surface area contributed by atoms with Gasteiger partial charge in [0.15, 0.2) is 0 Å². The summed E-state index contributed by atoms with van der Waals surface area (Å²) in [6.45, 7) is 3.30. The van der Waals surface area contributed by atoms with E-state index in [1.807, 2.05) is 0 Å². The fourth-order valence-electron chi connectivity index (χ4n) is 1.57. The molecule has 2 rings (SSSR count). The molecule has 1 aliphatic carbocycles. The van der Waals surface area contributed by atoms with Gasteiger partial charge in [-0.15, -0.1) is 11.3 Å². The third-order valence-electron chi connectivity index (χ3n) is 2.58. The largest absolute Gasteiger partial charge is 0.313 e. The molecular weight excluding hydrogens is 272 g/mol. The molecule has 0 amide bonds. The van der Waals surface area contributed by atoms with E-state index in [1.54, 1.807) is 11.3 Å². The summed E-state index contributed by atoms with van der Waals surface area (Å²) in [5, 5.41) is 5.75. The van der Waals surface area contributed by atoms with Crippen LogP contribution in [0.3, 0.4) is 0 Å². The van der Waals surface area contributed by atoms with Gasteiger partial charge in [0.1, 0.15) is 0 Å². The number of likely N-dealkylation sites (N-methyl/N-ethyl adjacent to an activating group) is 1. The Morgan fingerprint density at radius 2 is 2.40 bits per heavy atom. The highest BCUT2D eigenvalue weighted by molar-refractivity contribution is 9.11. The van der Waals surface area contributed by atoms with Crippen LogP contribution in [0, 0.1) is 0 Å². The third-order valence-corrected chi connectivity index (χ3v) is 4.13. The molecule has 15 heavy (non-hydrogen) atoms. The second-order valence-corrected chi connectivity index (χ2v) is 6.52. The van der Waals surface area contributed by atoms with Crippen molar-refractivity contribution in [3.8, 4) is 0 Å². The number of nitrogens with zero attached hydrogens (tertiary/aromatic N) is 1. The molecule has 0 aromatic carbocycles. The van der Waals surface area contributed by atoms with Gasteiger partial charge in [-0.05, 0) is 52.8 Å². The number of rotatable bonds is 6. The molecule has 0 aliphatic heterocycles. The normalized spacial score (nSPS) is 16.2. The Morgan fingerprint density at radius 1 is 1.60 bits per heavy atom. The fraction of sp³-hybridized carbons (Fsp3) is 0.636. The summed E-state index contributed by atoms with van der Waals surface area (Å²) in [4.78, 5) is 2.36. The molecule has 1 saturated carbocycles. The van der Waals surface area contributed by atoms with E-state index in [4.69, 9.17) is 0 Å². The van der Waals surface area contributed by atoms with Gasteiger partial charge < -0.3 is 10.2 Å². The second kappa shape index (κ2) is 5.43. The quantitative estimate of drug-likeness (QED) is 0.866. The summed E-state index contributed by atoms with van der Waals surface area (Å²) in [7, 11) is 2.18. The summed E-state index contributed by atoms with van der Waals surface area (Å²) in [5.74, 6) is 0. The van der Waals surface area contributed by atoms with Crippen LogP contribution in [0.25, 0.3) is 0 Å². The summed E-state index contributed by atoms with van der Waals surface area (Å²) in [6.07, 6.45) is 2.75. The Morgan fingerprint density at radius 3 is 3.00 bits per heavy atom. The Balaban J connectivity index is 1.64. The van der Waals surface area contributed by atoms with E-state index in [0.29, 0.717) is 0 Å². The Hall–Kier alpha value is 0.100. The van der Waals surface area contributed by atoms with E-state index in [1.165, 1.54) is 22.2 Å². The molecule has 0 radical (unpaired) electrons. The van der Waals surface area contributed by atoms with Gasteiger partial charge in [-0.3, -0.25) is 0 Å². The molecular formula is C11H17BrN2S. The van der Waals surface area contributed by atoms with Gasteiger partial charge in [-0.2, -0.15) is 0 Å². The smallest absolute Gasteiger partial charge is 0.0701 e. The van der Waals surface area contributed by atoms with Crippen molar-refractivity contribution < 1.29 is 0 Å². The van der Waals surface area contributed by atoms with Crippen molar-refractivity contribution in [2.24, 2.45) is 0 Å². The van der Waals surface area contributed by atoms with E-state index in [2.05, 4.69) is 44.6 Å². The summed E-state index contributed by atoms with van der Waals surface area (Å²) in [6, 6.07) is 3.03. The predicted octanol–water partition coefficient (Wildman–Crippen LogP) is 2.69. The van der Waals surface area contributed by atoms with Crippen molar-refractivity contribution in [1.82, 2.24) is 10.2 Å². The van der Waals surface area contributed by atoms with Crippen LogP contribution in [0.1, 0.15) is 18.4 Å². The molecule has 1 aromatic heterocycles. The highest BCUT2D eigenvalue weighted by Crippen LogP contribution is 2.21. The maximum Gasteiger partial charge on any atom is 0.0701 e. The van der Waals surface area contributed by atoms with Gasteiger partial charge in [0.2, 0.25) is 0 Å². The first-order valence-corrected chi connectivity index (χ1v) is 7.06. The number of halogens is 1. The zero-order valence-corrected chi connectivity index (χ0v) is 11.4. The van der Waals surface area contributed by atoms with Crippen LogP contribution >= 0.6 is 27.3 Å². The summed E-state index contributed by atoms with van der Waals surface area (Å²) >= 11 is 5.25. The highest BCUT2D eigenvalue weighted by Gasteiger charge is 2.19. The average Bonchev–Trinajstić information content (AvgIpc) is 2.91. The minimum atomic E-state index is 0.827. The maximum absolute atomic E-state index is 3.53. The van der Waals surface area contributed by atoms with E-state index in [9.17, 15) is 0 Å². The van der Waals surface area contributed by atoms with Gasteiger partial charge in [0.25, 0.3) is 0 Å². The van der Waals surface area contributed by atoms with Crippen molar-refractivity contribution in [1.29, 1.82) is 0 Å². The molecule has 0 bridgehead atoms. The molecule has 0 spiro atoms. The third kappa shape index (κ3) is 4.23. The zero-order chi connectivity index (χ0) is 10.7. The Bertz CT molecular complexity index is 309. The molecule has 4 heteroatoms. The molecule has 1 heterocycles. The maximum atomic E-state index is 3.53. The minimum absolute atomic E-state index is 0.827. The van der Waals surface area contributed by atoms with Crippen molar-refractivity contribution in [2.75, 3.05) is 20.1 Å². The van der Waals surface area contributed by atoms with Crippen LogP contribution in [0.15, 0.2) is 15.2 Å². The van der Waals surface area contributed by atoms with Crippen molar-refractivity contribution in [2.45, 2.75) is 25.4 Å². The first-order chi connectivity index (χ1) is 7.24. The van der Waals surface area contributed by atoms with Crippen molar-refractivity contribution >= 4 is 27.3 Å². The van der Waals surface area contributed by atoms with Crippen molar-refractivity contribution in [3.05, 3.63) is 20.8 Å². The second-order valence-electron chi connectivity index (χ2n) is 4.23. The molecule has 1 aliphatic rings. The number of thiophene rings is 1. The topological polar surface area (TPSA) is 15.3 Å². The fourth-order valence-corrected chi connectivity index (χ4v) is 2.77. The average molecular weight is 289 g/mol. The van der Waals surface area contributed by atoms with E-state index >= 15 is 0 Å². The van der Waals surface area contributed by atoms with Gasteiger partial charge in [0, 0.05) is 25.7 Å². The molecule has 1 N–H and O–H groups in total. The van der Waals surface area contributed by atoms with Gasteiger partial charge >= 0.3 is 0 Å². The molecule has 2 nitrogen and oxygen atoms in total. The summed E-state index contributed by atoms with van der Waals surface area (Å²) < 4.78 is 1.22. The molecule has 1 aromatic rings. The molecule has 0 atom stereocenters. The lowest BCUT2D eigenvalue weighted by molar-refractivity contribution is 0.324. The van der Waals surface area contributed by atoms with Gasteiger partial charge in [-0.1, -0.05) is 0 Å². The van der Waals surface area contributed by atoms with Crippen LogP contribution in [-0.2, 0) is 6.54 Å². The SMILES string of the molecule is CN(CCNC1CC1)Cc1csc(Br)c1. The van der Waals surface area contributed by atoms with E-state index in [0.717, 1.165) is 25.7 Å². The zero-order valence-electron chi connectivity index (χ0n) is 9.00. The molecule has 0 unspecified atom stereocenters. The van der Waals surface area contributed by atoms with Crippen LogP contribution in [-0.4, -0.2) is 31.1 Å². The van der Waals surface area contributed by atoms with Gasteiger partial charge in [0.05, 0.1) is 3.79 Å². The number of nitrogens with one attached hydrogen (secondary N) is 1. The first-order valence-electron chi connectivity index (χ1n) is 5.39. The van der Waals surface area contributed by atoms with Crippen LogP contribution < -0.4 is 5.32 Å². The monoisotopic (exact) mass is 288 g/mol. The Labute approximate surface area is 104 Å². The lowest BCUT2D eigenvalue weighted by Crippen LogP contribution is -2.29. The van der Waals surface area contributed by atoms with Crippen LogP contribution in [0.5, 0.6) is 0 Å². The lowest BCUT2D eigenvalue weighted by atomic mass is 10.3. The minimum Gasteiger partial charge on any atom is -0.313 e. The van der Waals surface area contributed by atoms with Crippen LogP contribution in [0.4, 0.5) is 0 Å². The van der Waals surface area contributed by atoms with E-state index < -0.39 is 0 Å². The van der Waals surface area contributed by atoms with E-state index in [-0.39, 0.29) is 0 Å². The summed E-state index contributed by atoms with van der Waals surface area (Å²) in [5.41, 5.74) is 1.40. The Kier molecular flexibility index (Phi) is 4.20. The van der Waals surface area contributed by atoms with Crippen molar-refractivity contribution in [3.63, 3.8) is 0 Å². The lowest BCUT2D eigenvalue weighted by Gasteiger charge is -2.15. The standard InChI is InChI=1S/C11H17BrN2S/c1-14(5-4-13-10-2-3-10)7-9-6-11(12)15-8-9/h6,8,10,13H,2-5,7H2,1H3. The predicted molar refractivity (Wildman–Crippen MR) is 69.4 cm³/mol. The highest BCUT2D eigenvalue weighted by atomic mass is 79.9. The molecule has 0 saturated heterocycles. The molecule has 1 fully saturated rings. The molecule has 84 valence electrons. The number of hydrogen-bond acceptors (Lipinski definition) is 3.